The molecule has 1 atom stereocenters. The van der Waals surface area contributed by atoms with E-state index in [1.54, 1.807) is 0 Å². The molecule has 0 aromatic heterocycles. The Morgan fingerprint density at radius 2 is 2.12 bits per heavy atom. The fourth-order valence-corrected chi connectivity index (χ4v) is 2.27. The highest BCUT2D eigenvalue weighted by Gasteiger charge is 2.24. The van der Waals surface area contributed by atoms with Crippen molar-refractivity contribution in [2.75, 3.05) is 13.6 Å². The lowest BCUT2D eigenvalue weighted by atomic mass is 9.94. The lowest BCUT2D eigenvalue weighted by Crippen LogP contribution is -2.37. The zero-order chi connectivity index (χ0) is 12.1. The van der Waals surface area contributed by atoms with Crippen molar-refractivity contribution in [2.45, 2.75) is 19.3 Å². The van der Waals surface area contributed by atoms with Gasteiger partial charge >= 0.3 is 0 Å². The van der Waals surface area contributed by atoms with Gasteiger partial charge in [-0.05, 0) is 24.8 Å². The fraction of sp³-hybridized carbons (Fsp3) is 0.400. The number of rotatable bonds is 3. The molecule has 0 unspecified atom stereocenters. The van der Waals surface area contributed by atoms with Gasteiger partial charge in [-0.25, -0.2) is 0 Å². The van der Waals surface area contributed by atoms with Gasteiger partial charge in [-0.15, -0.1) is 0 Å². The van der Waals surface area contributed by atoms with E-state index in [2.05, 4.69) is 24.3 Å². The minimum atomic E-state index is 0.189. The van der Waals surface area contributed by atoms with Crippen molar-refractivity contribution in [1.82, 2.24) is 4.90 Å². The molecule has 1 amide bonds. The van der Waals surface area contributed by atoms with Crippen molar-refractivity contribution < 1.29 is 4.79 Å². The maximum Gasteiger partial charge on any atom is 0.225 e. The van der Waals surface area contributed by atoms with Gasteiger partial charge in [0.15, 0.2) is 0 Å². The van der Waals surface area contributed by atoms with Gasteiger partial charge in [0.2, 0.25) is 5.91 Å². The summed E-state index contributed by atoms with van der Waals surface area (Å²) in [5.41, 5.74) is 1.20. The lowest BCUT2D eigenvalue weighted by Gasteiger charge is -2.28. The Bertz CT molecular complexity index is 397. The Morgan fingerprint density at radius 1 is 1.35 bits per heavy atom. The topological polar surface area (TPSA) is 20.3 Å². The Balaban J connectivity index is 1.89. The molecule has 1 aliphatic rings. The van der Waals surface area contributed by atoms with E-state index in [0.29, 0.717) is 5.91 Å². The molecule has 1 aromatic rings. The van der Waals surface area contributed by atoms with Crippen molar-refractivity contribution in [3.05, 3.63) is 42.0 Å². The summed E-state index contributed by atoms with van der Waals surface area (Å²) in [6, 6.07) is 10.2. The minimum Gasteiger partial charge on any atom is -0.346 e. The summed E-state index contributed by atoms with van der Waals surface area (Å²) >= 11 is 0. The summed E-state index contributed by atoms with van der Waals surface area (Å²) in [5, 5.41) is 0. The van der Waals surface area contributed by atoms with Crippen LogP contribution in [0, 0.1) is 5.92 Å². The van der Waals surface area contributed by atoms with E-state index in [-0.39, 0.29) is 5.92 Å². The van der Waals surface area contributed by atoms with Crippen LogP contribution in [0.1, 0.15) is 24.8 Å². The summed E-state index contributed by atoms with van der Waals surface area (Å²) in [5.74, 6) is 0.489. The second-order valence-corrected chi connectivity index (χ2v) is 4.65. The smallest absolute Gasteiger partial charge is 0.225 e. The van der Waals surface area contributed by atoms with E-state index in [0.717, 1.165) is 25.8 Å². The van der Waals surface area contributed by atoms with Crippen LogP contribution in [0.15, 0.2) is 36.4 Å². The summed E-state index contributed by atoms with van der Waals surface area (Å²) < 4.78 is 0. The molecule has 1 saturated heterocycles. The van der Waals surface area contributed by atoms with E-state index in [1.807, 2.05) is 30.1 Å². The van der Waals surface area contributed by atoms with Crippen molar-refractivity contribution >= 4 is 12.0 Å². The van der Waals surface area contributed by atoms with Crippen LogP contribution in [0.3, 0.4) is 0 Å². The highest BCUT2D eigenvalue weighted by Crippen LogP contribution is 2.20. The predicted octanol–water partition coefficient (Wildman–Crippen LogP) is 2.96. The predicted molar refractivity (Wildman–Crippen MR) is 70.5 cm³/mol. The molecule has 2 nitrogen and oxygen atoms in total. The summed E-state index contributed by atoms with van der Waals surface area (Å²) in [7, 11) is 1.90. The zero-order valence-electron chi connectivity index (χ0n) is 10.3. The van der Waals surface area contributed by atoms with Crippen molar-refractivity contribution in [1.29, 1.82) is 0 Å². The molecule has 0 saturated carbocycles. The van der Waals surface area contributed by atoms with Gasteiger partial charge < -0.3 is 4.90 Å². The number of carbonyl (C=O) groups is 1. The maximum atomic E-state index is 11.9. The molecule has 0 aliphatic carbocycles. The molecule has 17 heavy (non-hydrogen) atoms. The molecule has 0 bridgehead atoms. The van der Waals surface area contributed by atoms with E-state index >= 15 is 0 Å². The first kappa shape index (κ1) is 11.9. The third-order valence-electron chi connectivity index (χ3n) is 3.30. The Kier molecular flexibility index (Phi) is 3.97. The van der Waals surface area contributed by atoms with Crippen molar-refractivity contribution in [3.8, 4) is 0 Å². The van der Waals surface area contributed by atoms with Gasteiger partial charge in [-0.3, -0.25) is 4.79 Å². The van der Waals surface area contributed by atoms with Crippen LogP contribution in [0.5, 0.6) is 0 Å². The molecule has 1 heterocycles. The van der Waals surface area contributed by atoms with Gasteiger partial charge in [0, 0.05) is 19.5 Å². The summed E-state index contributed by atoms with van der Waals surface area (Å²) in [6.45, 7) is 0.914. The normalized spacial score (nSPS) is 21.1. The Morgan fingerprint density at radius 3 is 2.88 bits per heavy atom. The molecular weight excluding hydrogens is 210 g/mol. The van der Waals surface area contributed by atoms with E-state index < -0.39 is 0 Å². The summed E-state index contributed by atoms with van der Waals surface area (Å²) in [6.07, 6.45) is 7.24. The standard InChI is InChI=1S/C15H19NO/c1-16-12-6-11-14(15(16)17)10-5-9-13-7-3-2-4-8-13/h2-5,7-9,14H,6,10-12H2,1H3/b9-5+/t14-/m0/s1. The highest BCUT2D eigenvalue weighted by atomic mass is 16.2. The number of hydrogen-bond donors (Lipinski definition) is 0. The van der Waals surface area contributed by atoms with Crippen molar-refractivity contribution in [3.63, 3.8) is 0 Å². The van der Waals surface area contributed by atoms with Crippen LogP contribution >= 0.6 is 0 Å². The number of nitrogens with zero attached hydrogens (tertiary/aromatic N) is 1. The number of allylic oxidation sites excluding steroid dienone is 1. The van der Waals surface area contributed by atoms with Crippen LogP contribution in [0.2, 0.25) is 0 Å². The molecule has 1 aromatic carbocycles. The van der Waals surface area contributed by atoms with E-state index in [4.69, 9.17) is 0 Å². The average molecular weight is 229 g/mol. The van der Waals surface area contributed by atoms with Gasteiger partial charge in [0.05, 0.1) is 0 Å². The molecular formula is C15H19NO. The monoisotopic (exact) mass is 229 g/mol. The average Bonchev–Trinajstić information content (AvgIpc) is 2.36. The molecule has 0 N–H and O–H groups in total. The number of likely N-dealkylation sites (tertiary alicyclic amines) is 1. The lowest BCUT2D eigenvalue weighted by molar-refractivity contribution is -0.136. The number of hydrogen-bond acceptors (Lipinski definition) is 1. The van der Waals surface area contributed by atoms with Gasteiger partial charge in [0.1, 0.15) is 0 Å². The van der Waals surface area contributed by atoms with Crippen LogP contribution in [-0.2, 0) is 4.79 Å². The van der Waals surface area contributed by atoms with Crippen molar-refractivity contribution in [2.24, 2.45) is 5.92 Å². The number of amides is 1. The van der Waals surface area contributed by atoms with Crippen LogP contribution in [-0.4, -0.2) is 24.4 Å². The SMILES string of the molecule is CN1CCC[C@H](C/C=C/c2ccccc2)C1=O. The maximum absolute atomic E-state index is 11.9. The van der Waals surface area contributed by atoms with Crippen LogP contribution in [0.4, 0.5) is 0 Å². The Labute approximate surface area is 103 Å². The molecule has 0 spiro atoms. The first-order valence-electron chi connectivity index (χ1n) is 6.24. The first-order valence-corrected chi connectivity index (χ1v) is 6.24. The van der Waals surface area contributed by atoms with Gasteiger partial charge in [0.25, 0.3) is 0 Å². The first-order chi connectivity index (χ1) is 8.27. The molecule has 1 fully saturated rings. The van der Waals surface area contributed by atoms with Gasteiger partial charge in [-0.1, -0.05) is 42.5 Å². The third kappa shape index (κ3) is 3.19. The second-order valence-electron chi connectivity index (χ2n) is 4.65. The number of carbonyl (C=O) groups excluding carboxylic acids is 1. The minimum absolute atomic E-state index is 0.189. The second kappa shape index (κ2) is 5.67. The largest absolute Gasteiger partial charge is 0.346 e. The van der Waals surface area contributed by atoms with Crippen LogP contribution in [0.25, 0.3) is 6.08 Å². The molecule has 0 radical (unpaired) electrons. The molecule has 90 valence electrons. The zero-order valence-corrected chi connectivity index (χ0v) is 10.3. The quantitative estimate of drug-likeness (QED) is 0.780. The number of piperidine rings is 1. The number of benzene rings is 1. The van der Waals surface area contributed by atoms with E-state index in [9.17, 15) is 4.79 Å². The summed E-state index contributed by atoms with van der Waals surface area (Å²) in [4.78, 5) is 13.7. The Hall–Kier alpha value is -1.57. The fourth-order valence-electron chi connectivity index (χ4n) is 2.27. The highest BCUT2D eigenvalue weighted by molar-refractivity contribution is 5.79. The molecule has 2 heteroatoms. The third-order valence-corrected chi connectivity index (χ3v) is 3.30. The molecule has 1 aliphatic heterocycles. The van der Waals surface area contributed by atoms with E-state index in [1.165, 1.54) is 5.56 Å². The van der Waals surface area contributed by atoms with Crippen LogP contribution < -0.4 is 0 Å². The van der Waals surface area contributed by atoms with Gasteiger partial charge in [-0.2, -0.15) is 0 Å². The molecule has 2 rings (SSSR count).